The Bertz CT molecular complexity index is 603. The molecule has 3 nitrogen and oxygen atoms in total. The van der Waals surface area contributed by atoms with Crippen molar-refractivity contribution in [3.8, 4) is 6.07 Å². The van der Waals surface area contributed by atoms with Gasteiger partial charge in [0.15, 0.2) is 0 Å². The number of nitriles is 1. The number of nitrogens with zero attached hydrogens (tertiary/aromatic N) is 1. The predicted molar refractivity (Wildman–Crippen MR) is 86.0 cm³/mol. The second-order valence-corrected chi connectivity index (χ2v) is 9.59. The van der Waals surface area contributed by atoms with Crippen LogP contribution in [0.1, 0.15) is 39.5 Å². The second kappa shape index (κ2) is 3.97. The van der Waals surface area contributed by atoms with Crippen LogP contribution in [-0.2, 0) is 0 Å². The van der Waals surface area contributed by atoms with Gasteiger partial charge in [-0.3, -0.25) is 0 Å². The van der Waals surface area contributed by atoms with Crippen molar-refractivity contribution in [1.82, 2.24) is 5.32 Å². The number of hydrogen-bond donors (Lipinski definition) is 2. The first kappa shape index (κ1) is 13.7. The molecule has 5 saturated carbocycles. The molecule has 2 aliphatic heterocycles. The van der Waals surface area contributed by atoms with Crippen LogP contribution in [0.5, 0.6) is 0 Å². The molecule has 0 radical (unpaired) electrons. The summed E-state index contributed by atoms with van der Waals surface area (Å²) in [6.07, 6.45) is 3.91. The predicted octanol–water partition coefficient (Wildman–Crippen LogP) is 2.41. The first-order valence-corrected chi connectivity index (χ1v) is 10.0. The Morgan fingerprint density at radius 2 is 2.00 bits per heavy atom. The Morgan fingerprint density at radius 3 is 2.70 bits per heavy atom. The molecule has 0 aromatic rings. The minimum Gasteiger partial charge on any atom is -0.393 e. The van der Waals surface area contributed by atoms with Gasteiger partial charge in [0, 0.05) is 18.0 Å². The second-order valence-electron chi connectivity index (χ2n) is 9.59. The van der Waals surface area contributed by atoms with Crippen molar-refractivity contribution in [3.63, 3.8) is 0 Å². The Hall–Kier alpha value is -0.590. The molecule has 2 saturated heterocycles. The van der Waals surface area contributed by atoms with Crippen LogP contribution in [0.3, 0.4) is 0 Å². The lowest BCUT2D eigenvalue weighted by Crippen LogP contribution is -2.51. The maximum atomic E-state index is 11.0. The standard InChI is InChI=1S/C20H28N2O/c1-3-5-8(7-21)15(10(23)4-2)20-6-9-11-13-14(16(11)20)19-17(20)12(9)18(13)22-19/h8-19,22-23H,3-6H2,1-2H3. The van der Waals surface area contributed by atoms with E-state index >= 15 is 0 Å². The molecule has 13 atom stereocenters. The highest BCUT2D eigenvalue weighted by molar-refractivity contribution is 5.42. The zero-order valence-electron chi connectivity index (χ0n) is 14.2. The molecular weight excluding hydrogens is 284 g/mol. The third-order valence-electron chi connectivity index (χ3n) is 9.62. The summed E-state index contributed by atoms with van der Waals surface area (Å²) in [5.41, 5.74) is 0.315. The maximum absolute atomic E-state index is 11.0. The fraction of sp³-hybridized carbons (Fsp3) is 0.950. The molecule has 7 fully saturated rings. The van der Waals surface area contributed by atoms with E-state index in [4.69, 9.17) is 0 Å². The van der Waals surface area contributed by atoms with Gasteiger partial charge in [0.05, 0.1) is 18.1 Å². The number of aliphatic hydroxyl groups is 1. The van der Waals surface area contributed by atoms with Crippen LogP contribution in [0.2, 0.25) is 0 Å². The molecule has 0 aromatic heterocycles. The monoisotopic (exact) mass is 312 g/mol. The zero-order chi connectivity index (χ0) is 15.7. The summed E-state index contributed by atoms with van der Waals surface area (Å²) in [6.45, 7) is 4.29. The average molecular weight is 312 g/mol. The quantitative estimate of drug-likeness (QED) is 0.792. The van der Waals surface area contributed by atoms with Gasteiger partial charge in [0.25, 0.3) is 0 Å². The van der Waals surface area contributed by atoms with E-state index in [1.54, 1.807) is 0 Å². The topological polar surface area (TPSA) is 56.0 Å². The maximum Gasteiger partial charge on any atom is 0.0659 e. The molecular formula is C20H28N2O. The summed E-state index contributed by atoms with van der Waals surface area (Å²) in [5, 5.41) is 24.9. The highest BCUT2D eigenvalue weighted by Gasteiger charge is 2.92. The van der Waals surface area contributed by atoms with Gasteiger partial charge in [0.2, 0.25) is 0 Å². The highest BCUT2D eigenvalue weighted by atomic mass is 16.3. The van der Waals surface area contributed by atoms with Gasteiger partial charge in [-0.15, -0.1) is 0 Å². The first-order chi connectivity index (χ1) is 11.2. The molecule has 2 heterocycles. The van der Waals surface area contributed by atoms with Crippen molar-refractivity contribution >= 4 is 0 Å². The number of nitrogens with one attached hydrogen (secondary N) is 1. The van der Waals surface area contributed by atoms with Crippen molar-refractivity contribution in [3.05, 3.63) is 0 Å². The van der Waals surface area contributed by atoms with E-state index in [1.807, 2.05) is 0 Å². The summed E-state index contributed by atoms with van der Waals surface area (Å²) < 4.78 is 0. The van der Waals surface area contributed by atoms with Crippen LogP contribution in [0.15, 0.2) is 0 Å². The fourth-order valence-electron chi connectivity index (χ4n) is 9.80. The number of hydrogen-bond acceptors (Lipinski definition) is 3. The van der Waals surface area contributed by atoms with Crippen molar-refractivity contribution in [2.24, 2.45) is 58.7 Å². The lowest BCUT2D eigenvalue weighted by molar-refractivity contribution is -0.0850. The molecule has 3 heteroatoms. The van der Waals surface area contributed by atoms with E-state index in [1.165, 1.54) is 6.42 Å². The van der Waals surface area contributed by atoms with Gasteiger partial charge in [-0.25, -0.2) is 0 Å². The summed E-state index contributed by atoms with van der Waals surface area (Å²) in [6, 6.07) is 4.21. The molecule has 7 rings (SSSR count). The van der Waals surface area contributed by atoms with Gasteiger partial charge in [-0.2, -0.15) is 5.26 Å². The summed E-state index contributed by atoms with van der Waals surface area (Å²) in [7, 11) is 0. The third-order valence-corrected chi connectivity index (χ3v) is 9.62. The molecule has 5 aliphatic carbocycles. The van der Waals surface area contributed by atoms with Crippen LogP contribution < -0.4 is 5.32 Å². The highest BCUT2D eigenvalue weighted by Crippen LogP contribution is 2.91. The molecule has 124 valence electrons. The van der Waals surface area contributed by atoms with Gasteiger partial charge >= 0.3 is 0 Å². The normalized spacial score (nSPS) is 61.9. The average Bonchev–Trinajstić information content (AvgIpc) is 3.19. The molecule has 0 spiro atoms. The van der Waals surface area contributed by atoms with E-state index in [0.29, 0.717) is 5.41 Å². The van der Waals surface area contributed by atoms with Crippen LogP contribution in [-0.4, -0.2) is 23.3 Å². The van der Waals surface area contributed by atoms with Crippen molar-refractivity contribution < 1.29 is 5.11 Å². The van der Waals surface area contributed by atoms with Crippen LogP contribution in [0.4, 0.5) is 0 Å². The molecule has 7 aliphatic rings. The number of aliphatic hydroxyl groups excluding tert-OH is 1. The molecule has 2 N–H and O–H groups in total. The van der Waals surface area contributed by atoms with Crippen molar-refractivity contribution in [2.75, 3.05) is 0 Å². The van der Waals surface area contributed by atoms with Crippen LogP contribution in [0, 0.1) is 70.0 Å². The lowest BCUT2D eigenvalue weighted by Gasteiger charge is -2.52. The number of rotatable bonds is 6. The largest absolute Gasteiger partial charge is 0.393 e. The van der Waals surface area contributed by atoms with Crippen molar-refractivity contribution in [2.45, 2.75) is 57.7 Å². The van der Waals surface area contributed by atoms with Gasteiger partial charge < -0.3 is 10.4 Å². The van der Waals surface area contributed by atoms with Gasteiger partial charge in [-0.1, -0.05) is 20.3 Å². The minimum atomic E-state index is -0.278. The smallest absolute Gasteiger partial charge is 0.0659 e. The van der Waals surface area contributed by atoms with E-state index in [0.717, 1.165) is 72.8 Å². The molecule has 0 aromatic carbocycles. The van der Waals surface area contributed by atoms with Crippen molar-refractivity contribution in [1.29, 1.82) is 5.26 Å². The summed E-state index contributed by atoms with van der Waals surface area (Å²) >= 11 is 0. The Morgan fingerprint density at radius 1 is 1.17 bits per heavy atom. The van der Waals surface area contributed by atoms with E-state index in [9.17, 15) is 10.4 Å². The van der Waals surface area contributed by atoms with E-state index in [2.05, 4.69) is 25.2 Å². The minimum absolute atomic E-state index is 0.0590. The Labute approximate surface area is 138 Å². The van der Waals surface area contributed by atoms with E-state index < -0.39 is 0 Å². The molecule has 13 unspecified atom stereocenters. The lowest BCUT2D eigenvalue weighted by atomic mass is 9.52. The van der Waals surface area contributed by atoms with E-state index in [-0.39, 0.29) is 17.9 Å². The fourth-order valence-corrected chi connectivity index (χ4v) is 9.80. The molecule has 4 bridgehead atoms. The SMILES string of the molecule is CCCC(C#N)C(C(O)CC)C12CC3C4C5NC(C6C5C3C61)C42. The summed E-state index contributed by atoms with van der Waals surface area (Å²) in [5.74, 6) is 6.61. The summed E-state index contributed by atoms with van der Waals surface area (Å²) in [4.78, 5) is 0. The van der Waals surface area contributed by atoms with Gasteiger partial charge in [0.1, 0.15) is 0 Å². The zero-order valence-corrected chi connectivity index (χ0v) is 14.2. The Balaban J connectivity index is 1.48. The van der Waals surface area contributed by atoms with Gasteiger partial charge in [-0.05, 0) is 66.1 Å². The molecule has 0 amide bonds. The third kappa shape index (κ3) is 1.11. The first-order valence-electron chi connectivity index (χ1n) is 10.0. The Kier molecular flexibility index (Phi) is 2.36. The molecule has 23 heavy (non-hydrogen) atoms. The van der Waals surface area contributed by atoms with Crippen LogP contribution >= 0.6 is 0 Å². The van der Waals surface area contributed by atoms with Crippen LogP contribution in [0.25, 0.3) is 0 Å².